The molecule has 1 aromatic heterocycles. The van der Waals surface area contributed by atoms with Gasteiger partial charge in [0.25, 0.3) is 0 Å². The van der Waals surface area contributed by atoms with E-state index in [1.807, 2.05) is 25.1 Å². The lowest BCUT2D eigenvalue weighted by Gasteiger charge is -2.25. The fourth-order valence-corrected chi connectivity index (χ4v) is 2.89. The van der Waals surface area contributed by atoms with E-state index in [1.165, 1.54) is 7.11 Å². The number of H-pyrrole nitrogens is 1. The molecule has 1 unspecified atom stereocenters. The molecule has 0 bridgehead atoms. The number of esters is 2. The first-order chi connectivity index (χ1) is 12.5. The van der Waals surface area contributed by atoms with Crippen LogP contribution in [0.2, 0.25) is 0 Å². The van der Waals surface area contributed by atoms with E-state index in [-0.39, 0.29) is 12.3 Å². The first kappa shape index (κ1) is 17.8. The highest BCUT2D eigenvalue weighted by Gasteiger charge is 2.26. The van der Waals surface area contributed by atoms with Crippen molar-refractivity contribution in [3.8, 4) is 11.5 Å². The highest BCUT2D eigenvalue weighted by atomic mass is 16.6. The van der Waals surface area contributed by atoms with E-state index in [9.17, 15) is 9.59 Å². The first-order valence-electron chi connectivity index (χ1n) is 8.40. The number of aromatic amines is 1. The SMILES string of the molecule is CCc1[nH]c(C(=O)OCC2COc3ccccc3O2)c(C)c1C(=O)OC. The van der Waals surface area contributed by atoms with Crippen LogP contribution >= 0.6 is 0 Å². The number of carbonyl (C=O) groups excluding carboxylic acids is 2. The lowest BCUT2D eigenvalue weighted by molar-refractivity contribution is 0.0105. The molecule has 1 N–H and O–H groups in total. The molecule has 3 rings (SSSR count). The van der Waals surface area contributed by atoms with Crippen LogP contribution in [0.25, 0.3) is 0 Å². The summed E-state index contributed by atoms with van der Waals surface area (Å²) < 4.78 is 21.5. The van der Waals surface area contributed by atoms with Gasteiger partial charge in [-0.05, 0) is 31.0 Å². The number of nitrogens with one attached hydrogen (secondary N) is 1. The van der Waals surface area contributed by atoms with E-state index in [0.29, 0.717) is 41.3 Å². The van der Waals surface area contributed by atoms with E-state index in [0.717, 1.165) is 0 Å². The van der Waals surface area contributed by atoms with Gasteiger partial charge in [0, 0.05) is 5.69 Å². The van der Waals surface area contributed by atoms with Gasteiger partial charge in [-0.2, -0.15) is 0 Å². The van der Waals surface area contributed by atoms with E-state index in [1.54, 1.807) is 13.0 Å². The third-order valence-corrected chi connectivity index (χ3v) is 4.24. The van der Waals surface area contributed by atoms with Gasteiger partial charge in [0.1, 0.15) is 18.9 Å². The molecule has 0 fully saturated rings. The maximum Gasteiger partial charge on any atom is 0.355 e. The quantitative estimate of drug-likeness (QED) is 0.826. The summed E-state index contributed by atoms with van der Waals surface area (Å²) in [5.41, 5.74) is 1.80. The molecule has 0 saturated carbocycles. The van der Waals surface area contributed by atoms with E-state index in [2.05, 4.69) is 4.98 Å². The fraction of sp³-hybridized carbons (Fsp3) is 0.368. The number of ether oxygens (including phenoxy) is 4. The molecular weight excluding hydrogens is 338 g/mol. The Morgan fingerprint density at radius 1 is 1.23 bits per heavy atom. The molecule has 1 atom stereocenters. The number of para-hydroxylation sites is 2. The second kappa shape index (κ2) is 7.51. The molecule has 7 heteroatoms. The zero-order chi connectivity index (χ0) is 18.7. The number of benzene rings is 1. The second-order valence-electron chi connectivity index (χ2n) is 5.92. The molecule has 7 nitrogen and oxygen atoms in total. The largest absolute Gasteiger partial charge is 0.486 e. The van der Waals surface area contributed by atoms with Crippen LogP contribution in [0.1, 0.15) is 39.0 Å². The van der Waals surface area contributed by atoms with Crippen LogP contribution in [0.4, 0.5) is 0 Å². The van der Waals surface area contributed by atoms with Crippen molar-refractivity contribution in [1.82, 2.24) is 4.98 Å². The van der Waals surface area contributed by atoms with Gasteiger partial charge < -0.3 is 23.9 Å². The summed E-state index contributed by atoms with van der Waals surface area (Å²) in [4.78, 5) is 27.4. The van der Waals surface area contributed by atoms with Crippen LogP contribution in [0.5, 0.6) is 11.5 Å². The lowest BCUT2D eigenvalue weighted by Crippen LogP contribution is -2.34. The number of hydrogen-bond donors (Lipinski definition) is 1. The molecule has 0 amide bonds. The van der Waals surface area contributed by atoms with E-state index in [4.69, 9.17) is 18.9 Å². The Kier molecular flexibility index (Phi) is 5.16. The van der Waals surface area contributed by atoms with Crippen LogP contribution < -0.4 is 9.47 Å². The Morgan fingerprint density at radius 2 is 1.96 bits per heavy atom. The summed E-state index contributed by atoms with van der Waals surface area (Å²) >= 11 is 0. The molecule has 0 spiro atoms. The molecule has 26 heavy (non-hydrogen) atoms. The third kappa shape index (κ3) is 3.37. The highest BCUT2D eigenvalue weighted by molar-refractivity contribution is 5.98. The summed E-state index contributed by atoms with van der Waals surface area (Å²) in [5, 5.41) is 0. The van der Waals surface area contributed by atoms with Gasteiger partial charge in [0.05, 0.1) is 12.7 Å². The second-order valence-corrected chi connectivity index (χ2v) is 5.92. The monoisotopic (exact) mass is 359 g/mol. The fourth-order valence-electron chi connectivity index (χ4n) is 2.89. The van der Waals surface area contributed by atoms with Crippen LogP contribution in [0.15, 0.2) is 24.3 Å². The molecule has 1 aliphatic rings. The lowest BCUT2D eigenvalue weighted by atomic mass is 10.1. The minimum absolute atomic E-state index is 0.0423. The van der Waals surface area contributed by atoms with Gasteiger partial charge >= 0.3 is 11.9 Å². The summed E-state index contributed by atoms with van der Waals surface area (Å²) in [7, 11) is 1.31. The molecule has 1 aliphatic heterocycles. The molecule has 0 aliphatic carbocycles. The number of methoxy groups -OCH3 is 1. The standard InChI is InChI=1S/C19H21NO6/c1-4-13-16(18(21)23-3)11(2)17(20-13)19(22)25-10-12-9-24-14-7-5-6-8-15(14)26-12/h5-8,12,20H,4,9-10H2,1-3H3. The summed E-state index contributed by atoms with van der Waals surface area (Å²) in [6.45, 7) is 3.91. The molecule has 0 radical (unpaired) electrons. The number of rotatable bonds is 5. The topological polar surface area (TPSA) is 86.9 Å². The summed E-state index contributed by atoms with van der Waals surface area (Å²) in [5.74, 6) is 0.271. The van der Waals surface area contributed by atoms with Crippen molar-refractivity contribution in [2.45, 2.75) is 26.4 Å². The van der Waals surface area contributed by atoms with Gasteiger partial charge in [-0.15, -0.1) is 0 Å². The Hall–Kier alpha value is -2.96. The van der Waals surface area contributed by atoms with Crippen molar-refractivity contribution in [3.63, 3.8) is 0 Å². The van der Waals surface area contributed by atoms with Gasteiger partial charge in [-0.25, -0.2) is 9.59 Å². The summed E-state index contributed by atoms with van der Waals surface area (Å²) in [6, 6.07) is 7.33. The average molecular weight is 359 g/mol. The maximum absolute atomic E-state index is 12.4. The minimum Gasteiger partial charge on any atom is -0.486 e. The minimum atomic E-state index is -0.546. The smallest absolute Gasteiger partial charge is 0.355 e. The number of aryl methyl sites for hydroxylation is 1. The molecule has 0 saturated heterocycles. The Morgan fingerprint density at radius 3 is 2.65 bits per heavy atom. The number of aromatic nitrogens is 1. The number of hydrogen-bond acceptors (Lipinski definition) is 6. The van der Waals surface area contributed by atoms with Crippen molar-refractivity contribution in [1.29, 1.82) is 0 Å². The van der Waals surface area contributed by atoms with Crippen LogP contribution in [-0.2, 0) is 15.9 Å². The van der Waals surface area contributed by atoms with Gasteiger partial charge in [0.2, 0.25) is 0 Å². The molecule has 2 aromatic rings. The molecule has 1 aromatic carbocycles. The maximum atomic E-state index is 12.4. The Balaban J connectivity index is 1.68. The summed E-state index contributed by atoms with van der Waals surface area (Å²) in [6.07, 6.45) is 0.171. The predicted octanol–water partition coefficient (Wildman–Crippen LogP) is 2.67. The van der Waals surface area contributed by atoms with Gasteiger partial charge in [0.15, 0.2) is 17.6 Å². The van der Waals surface area contributed by atoms with Crippen molar-refractivity contribution in [3.05, 3.63) is 46.8 Å². The third-order valence-electron chi connectivity index (χ3n) is 4.24. The Bertz CT molecular complexity index is 825. The average Bonchev–Trinajstić information content (AvgIpc) is 3.01. The Labute approximate surface area is 151 Å². The zero-order valence-corrected chi connectivity index (χ0v) is 15.0. The van der Waals surface area contributed by atoms with Crippen molar-refractivity contribution in [2.75, 3.05) is 20.3 Å². The highest BCUT2D eigenvalue weighted by Crippen LogP contribution is 2.31. The molecule has 2 heterocycles. The van der Waals surface area contributed by atoms with Gasteiger partial charge in [-0.1, -0.05) is 19.1 Å². The van der Waals surface area contributed by atoms with Gasteiger partial charge in [-0.3, -0.25) is 0 Å². The van der Waals surface area contributed by atoms with Crippen LogP contribution in [0, 0.1) is 6.92 Å². The van der Waals surface area contributed by atoms with E-state index < -0.39 is 18.0 Å². The van der Waals surface area contributed by atoms with E-state index >= 15 is 0 Å². The zero-order valence-electron chi connectivity index (χ0n) is 15.0. The number of carbonyl (C=O) groups is 2. The van der Waals surface area contributed by atoms with Crippen molar-refractivity contribution in [2.24, 2.45) is 0 Å². The number of fused-ring (bicyclic) bond motifs is 1. The predicted molar refractivity (Wildman–Crippen MR) is 92.9 cm³/mol. The van der Waals surface area contributed by atoms with Crippen molar-refractivity contribution < 1.29 is 28.5 Å². The molecular formula is C19H21NO6. The molecule has 138 valence electrons. The van der Waals surface area contributed by atoms with Crippen LogP contribution in [0.3, 0.4) is 0 Å². The first-order valence-corrected chi connectivity index (χ1v) is 8.40. The van der Waals surface area contributed by atoms with Crippen molar-refractivity contribution >= 4 is 11.9 Å². The van der Waals surface area contributed by atoms with Crippen LogP contribution in [-0.4, -0.2) is 43.4 Å². The normalized spacial score (nSPS) is 15.4.